The number of amides is 1. The van der Waals surface area contributed by atoms with Gasteiger partial charge in [0.25, 0.3) is 5.91 Å². The molecular weight excluding hydrogens is 218 g/mol. The maximum Gasteiger partial charge on any atom is 0.331 e. The van der Waals surface area contributed by atoms with Crippen molar-refractivity contribution in [1.29, 1.82) is 0 Å². The number of esters is 1. The maximum atomic E-state index is 12.3. The van der Waals surface area contributed by atoms with Gasteiger partial charge in [-0.15, -0.1) is 0 Å². The molecule has 0 aromatic heterocycles. The molecule has 4 nitrogen and oxygen atoms in total. The summed E-state index contributed by atoms with van der Waals surface area (Å²) in [5, 5.41) is 0. The van der Waals surface area contributed by atoms with Crippen molar-refractivity contribution < 1.29 is 14.3 Å². The second-order valence-electron chi connectivity index (χ2n) is 4.24. The molecular formula is C13H11NO3. The van der Waals surface area contributed by atoms with Crippen molar-refractivity contribution >= 4 is 17.6 Å². The Morgan fingerprint density at radius 3 is 2.82 bits per heavy atom. The second-order valence-corrected chi connectivity index (χ2v) is 4.24. The van der Waals surface area contributed by atoms with E-state index in [4.69, 9.17) is 4.74 Å². The number of hydrogen-bond acceptors (Lipinski definition) is 3. The lowest BCUT2D eigenvalue weighted by atomic mass is 9.90. The van der Waals surface area contributed by atoms with E-state index in [1.54, 1.807) is 18.0 Å². The fourth-order valence-corrected chi connectivity index (χ4v) is 2.47. The predicted octanol–water partition coefficient (Wildman–Crippen LogP) is 1.36. The quantitative estimate of drug-likeness (QED) is 0.631. The number of ether oxygens (including phenoxy) is 1. The molecule has 1 aromatic rings. The highest BCUT2D eigenvalue weighted by atomic mass is 16.6. The van der Waals surface area contributed by atoms with Crippen LogP contribution in [0.15, 0.2) is 36.4 Å². The molecule has 0 saturated carbocycles. The van der Waals surface area contributed by atoms with Crippen LogP contribution in [-0.2, 0) is 19.9 Å². The molecule has 2 heterocycles. The third-order valence-corrected chi connectivity index (χ3v) is 3.28. The molecule has 0 radical (unpaired) electrons. The van der Waals surface area contributed by atoms with E-state index >= 15 is 0 Å². The zero-order valence-corrected chi connectivity index (χ0v) is 9.34. The van der Waals surface area contributed by atoms with Crippen LogP contribution >= 0.6 is 0 Å². The van der Waals surface area contributed by atoms with Gasteiger partial charge < -0.3 is 9.64 Å². The number of likely N-dealkylation sites (N-methyl/N-ethyl adjacent to an activating group) is 1. The number of hydrogen-bond donors (Lipinski definition) is 0. The highest BCUT2D eigenvalue weighted by Crippen LogP contribution is 2.45. The molecule has 17 heavy (non-hydrogen) atoms. The van der Waals surface area contributed by atoms with Crippen LogP contribution in [0, 0.1) is 0 Å². The number of carbonyl (C=O) groups excluding carboxylic acids is 2. The summed E-state index contributed by atoms with van der Waals surface area (Å²) >= 11 is 0. The number of rotatable bonds is 0. The number of nitrogens with zero attached hydrogens (tertiary/aromatic N) is 1. The first kappa shape index (κ1) is 10.1. The van der Waals surface area contributed by atoms with Crippen molar-refractivity contribution in [2.75, 3.05) is 11.9 Å². The van der Waals surface area contributed by atoms with E-state index in [-0.39, 0.29) is 5.91 Å². The first-order chi connectivity index (χ1) is 8.15. The smallest absolute Gasteiger partial charge is 0.331 e. The Morgan fingerprint density at radius 2 is 2.06 bits per heavy atom. The highest BCUT2D eigenvalue weighted by Gasteiger charge is 2.53. The Hall–Kier alpha value is -2.10. The van der Waals surface area contributed by atoms with E-state index in [2.05, 4.69) is 0 Å². The summed E-state index contributed by atoms with van der Waals surface area (Å²) in [4.78, 5) is 25.2. The standard InChI is InChI=1S/C13H11NO3/c1-14-10-6-3-2-5-9(10)13(12(14)16)8-4-7-11(15)17-13/h2-7H,8H2,1H3/t13-/m1/s1. The minimum atomic E-state index is -1.14. The molecule has 1 atom stereocenters. The van der Waals surface area contributed by atoms with E-state index in [0.717, 1.165) is 11.3 Å². The number of para-hydroxylation sites is 1. The van der Waals surface area contributed by atoms with Gasteiger partial charge in [0.05, 0.1) is 5.69 Å². The van der Waals surface area contributed by atoms with Crippen molar-refractivity contribution in [3.8, 4) is 0 Å². The highest BCUT2D eigenvalue weighted by molar-refractivity contribution is 6.08. The lowest BCUT2D eigenvalue weighted by molar-refractivity contribution is -0.164. The van der Waals surface area contributed by atoms with E-state index in [0.29, 0.717) is 6.42 Å². The molecule has 0 bridgehead atoms. The average molecular weight is 229 g/mol. The summed E-state index contributed by atoms with van der Waals surface area (Å²) in [5.74, 6) is -0.647. The van der Waals surface area contributed by atoms with E-state index in [1.807, 2.05) is 24.3 Å². The molecule has 3 rings (SSSR count). The van der Waals surface area contributed by atoms with Crippen LogP contribution in [0.25, 0.3) is 0 Å². The maximum absolute atomic E-state index is 12.3. The third kappa shape index (κ3) is 1.18. The lowest BCUT2D eigenvalue weighted by Gasteiger charge is -2.28. The monoisotopic (exact) mass is 229 g/mol. The summed E-state index contributed by atoms with van der Waals surface area (Å²) in [7, 11) is 1.70. The molecule has 0 N–H and O–H groups in total. The first-order valence-corrected chi connectivity index (χ1v) is 5.42. The summed E-state index contributed by atoms with van der Waals surface area (Å²) in [6.07, 6.45) is 3.46. The number of benzene rings is 1. The molecule has 1 spiro atoms. The molecule has 0 unspecified atom stereocenters. The van der Waals surface area contributed by atoms with Gasteiger partial charge >= 0.3 is 5.97 Å². The molecule has 1 aromatic carbocycles. The summed E-state index contributed by atoms with van der Waals surface area (Å²) in [6, 6.07) is 7.40. The largest absolute Gasteiger partial charge is 0.440 e. The molecule has 0 aliphatic carbocycles. The van der Waals surface area contributed by atoms with Crippen LogP contribution in [0.5, 0.6) is 0 Å². The minimum absolute atomic E-state index is 0.184. The summed E-state index contributed by atoms with van der Waals surface area (Å²) in [6.45, 7) is 0. The fourth-order valence-electron chi connectivity index (χ4n) is 2.47. The van der Waals surface area contributed by atoms with Gasteiger partial charge in [-0.25, -0.2) is 4.79 Å². The van der Waals surface area contributed by atoms with Crippen molar-refractivity contribution in [2.45, 2.75) is 12.0 Å². The van der Waals surface area contributed by atoms with Crippen LogP contribution in [-0.4, -0.2) is 18.9 Å². The summed E-state index contributed by atoms with van der Waals surface area (Å²) in [5.41, 5.74) is 0.433. The Kier molecular flexibility index (Phi) is 1.90. The summed E-state index contributed by atoms with van der Waals surface area (Å²) < 4.78 is 5.33. The molecule has 2 aliphatic heterocycles. The van der Waals surface area contributed by atoms with Gasteiger partial charge in [0.15, 0.2) is 0 Å². The molecule has 4 heteroatoms. The topological polar surface area (TPSA) is 46.6 Å². The molecule has 86 valence electrons. The van der Waals surface area contributed by atoms with Crippen LogP contribution in [0.4, 0.5) is 5.69 Å². The third-order valence-electron chi connectivity index (χ3n) is 3.28. The van der Waals surface area contributed by atoms with Gasteiger partial charge in [0.1, 0.15) is 0 Å². The van der Waals surface area contributed by atoms with E-state index in [9.17, 15) is 9.59 Å². The molecule has 0 saturated heterocycles. The Labute approximate surface area is 98.5 Å². The second kappa shape index (κ2) is 3.20. The van der Waals surface area contributed by atoms with Gasteiger partial charge in [0, 0.05) is 25.1 Å². The van der Waals surface area contributed by atoms with E-state index in [1.165, 1.54) is 6.08 Å². The Morgan fingerprint density at radius 1 is 1.29 bits per heavy atom. The fraction of sp³-hybridized carbons (Fsp3) is 0.231. The van der Waals surface area contributed by atoms with Crippen molar-refractivity contribution in [3.63, 3.8) is 0 Å². The van der Waals surface area contributed by atoms with Gasteiger partial charge in [-0.2, -0.15) is 0 Å². The Bertz CT molecular complexity index is 549. The molecule has 1 amide bonds. The van der Waals surface area contributed by atoms with Gasteiger partial charge in [-0.05, 0) is 6.07 Å². The zero-order chi connectivity index (χ0) is 12.0. The van der Waals surface area contributed by atoms with Crippen molar-refractivity contribution in [1.82, 2.24) is 0 Å². The van der Waals surface area contributed by atoms with Crippen molar-refractivity contribution in [3.05, 3.63) is 42.0 Å². The molecule has 2 aliphatic rings. The van der Waals surface area contributed by atoms with Crippen molar-refractivity contribution in [2.24, 2.45) is 0 Å². The lowest BCUT2D eigenvalue weighted by Crippen LogP contribution is -2.43. The minimum Gasteiger partial charge on any atom is -0.440 e. The predicted molar refractivity (Wildman–Crippen MR) is 61.4 cm³/mol. The van der Waals surface area contributed by atoms with Crippen LogP contribution in [0.1, 0.15) is 12.0 Å². The number of carbonyl (C=O) groups is 2. The average Bonchev–Trinajstić information content (AvgIpc) is 2.54. The normalized spacial score (nSPS) is 26.3. The van der Waals surface area contributed by atoms with Gasteiger partial charge in [-0.3, -0.25) is 4.79 Å². The Balaban J connectivity index is 2.21. The zero-order valence-electron chi connectivity index (χ0n) is 9.34. The van der Waals surface area contributed by atoms with Gasteiger partial charge in [0.2, 0.25) is 5.60 Å². The number of anilines is 1. The van der Waals surface area contributed by atoms with Crippen LogP contribution < -0.4 is 4.90 Å². The first-order valence-electron chi connectivity index (χ1n) is 5.42. The van der Waals surface area contributed by atoms with Crippen LogP contribution in [0.3, 0.4) is 0 Å². The van der Waals surface area contributed by atoms with E-state index < -0.39 is 11.6 Å². The van der Waals surface area contributed by atoms with Crippen LogP contribution in [0.2, 0.25) is 0 Å². The van der Waals surface area contributed by atoms with Gasteiger partial charge in [-0.1, -0.05) is 24.3 Å². The SMILES string of the molecule is CN1C(=O)[C@@]2(CC=CC(=O)O2)c2ccccc21. The number of fused-ring (bicyclic) bond motifs is 2. The molecule has 0 fully saturated rings.